The standard InChI is InChI=1S/C15H22ClNO2/c1-4-19-14-7-5-12(6-8-14)15(18)17-13(10-16)9-11(2)3/h5-8,11,13H,4,9-10H2,1-3H3,(H,17,18). The normalized spacial score (nSPS) is 12.3. The highest BCUT2D eigenvalue weighted by Gasteiger charge is 2.14. The second-order valence-electron chi connectivity index (χ2n) is 4.91. The molecular formula is C15H22ClNO2. The Balaban J connectivity index is 2.61. The van der Waals surface area contributed by atoms with E-state index in [4.69, 9.17) is 16.3 Å². The minimum Gasteiger partial charge on any atom is -0.494 e. The van der Waals surface area contributed by atoms with Crippen LogP contribution in [0.2, 0.25) is 0 Å². The molecule has 3 nitrogen and oxygen atoms in total. The molecule has 0 aliphatic carbocycles. The summed E-state index contributed by atoms with van der Waals surface area (Å²) in [6.07, 6.45) is 0.881. The number of hydrogen-bond acceptors (Lipinski definition) is 2. The zero-order chi connectivity index (χ0) is 14.3. The van der Waals surface area contributed by atoms with Gasteiger partial charge in [-0.3, -0.25) is 4.79 Å². The highest BCUT2D eigenvalue weighted by atomic mass is 35.5. The van der Waals surface area contributed by atoms with Crippen LogP contribution in [0.15, 0.2) is 24.3 Å². The molecule has 0 spiro atoms. The highest BCUT2D eigenvalue weighted by Crippen LogP contribution is 2.13. The lowest BCUT2D eigenvalue weighted by atomic mass is 10.0. The quantitative estimate of drug-likeness (QED) is 0.778. The number of rotatable bonds is 7. The molecular weight excluding hydrogens is 262 g/mol. The van der Waals surface area contributed by atoms with E-state index in [1.54, 1.807) is 24.3 Å². The summed E-state index contributed by atoms with van der Waals surface area (Å²) < 4.78 is 5.34. The van der Waals surface area contributed by atoms with Crippen LogP contribution in [0.4, 0.5) is 0 Å². The molecule has 0 aliphatic rings. The van der Waals surface area contributed by atoms with Gasteiger partial charge in [0.15, 0.2) is 0 Å². The van der Waals surface area contributed by atoms with Crippen LogP contribution >= 0.6 is 11.6 Å². The molecule has 1 unspecified atom stereocenters. The molecule has 1 rings (SSSR count). The molecule has 0 saturated heterocycles. The number of ether oxygens (including phenoxy) is 1. The van der Waals surface area contributed by atoms with Gasteiger partial charge in [0, 0.05) is 17.5 Å². The first-order valence-electron chi connectivity index (χ1n) is 6.66. The van der Waals surface area contributed by atoms with Crippen molar-refractivity contribution in [3.05, 3.63) is 29.8 Å². The Morgan fingerprint density at radius 3 is 2.42 bits per heavy atom. The molecule has 0 bridgehead atoms. The van der Waals surface area contributed by atoms with Crippen LogP contribution in [0.1, 0.15) is 37.6 Å². The van der Waals surface area contributed by atoms with Crippen LogP contribution in [0.3, 0.4) is 0 Å². The molecule has 1 aromatic rings. The number of amides is 1. The lowest BCUT2D eigenvalue weighted by molar-refractivity contribution is 0.0936. The van der Waals surface area contributed by atoms with E-state index in [-0.39, 0.29) is 11.9 Å². The van der Waals surface area contributed by atoms with Gasteiger partial charge in [0.25, 0.3) is 5.91 Å². The van der Waals surface area contributed by atoms with Crippen LogP contribution in [0.25, 0.3) is 0 Å². The average molecular weight is 284 g/mol. The van der Waals surface area contributed by atoms with Gasteiger partial charge in [-0.2, -0.15) is 0 Å². The number of hydrogen-bond donors (Lipinski definition) is 1. The molecule has 1 aromatic carbocycles. The van der Waals surface area contributed by atoms with E-state index in [9.17, 15) is 4.79 Å². The second kappa shape index (κ2) is 8.05. The first-order valence-corrected chi connectivity index (χ1v) is 7.20. The Morgan fingerprint density at radius 1 is 1.32 bits per heavy atom. The van der Waals surface area contributed by atoms with Crippen molar-refractivity contribution in [2.75, 3.05) is 12.5 Å². The molecule has 0 radical (unpaired) electrons. The van der Waals surface area contributed by atoms with Gasteiger partial charge in [-0.15, -0.1) is 11.6 Å². The summed E-state index contributed by atoms with van der Waals surface area (Å²) in [6, 6.07) is 7.15. The monoisotopic (exact) mass is 283 g/mol. The smallest absolute Gasteiger partial charge is 0.251 e. The molecule has 1 N–H and O–H groups in total. The minimum atomic E-state index is -0.0886. The van der Waals surface area contributed by atoms with Gasteiger partial charge in [0.05, 0.1) is 6.61 Å². The zero-order valence-corrected chi connectivity index (χ0v) is 12.5. The SMILES string of the molecule is CCOc1ccc(C(=O)NC(CCl)CC(C)C)cc1. The van der Waals surface area contributed by atoms with Crippen LogP contribution in [0, 0.1) is 5.92 Å². The van der Waals surface area contributed by atoms with Gasteiger partial charge in [-0.25, -0.2) is 0 Å². The molecule has 0 heterocycles. The van der Waals surface area contributed by atoms with Crippen LogP contribution in [-0.4, -0.2) is 24.4 Å². The zero-order valence-electron chi connectivity index (χ0n) is 11.8. The number of carbonyl (C=O) groups excluding carboxylic acids is 1. The summed E-state index contributed by atoms with van der Waals surface area (Å²) >= 11 is 5.87. The van der Waals surface area contributed by atoms with Crippen LogP contribution in [0.5, 0.6) is 5.75 Å². The Labute approximate surface area is 120 Å². The predicted octanol–water partition coefficient (Wildman–Crippen LogP) is 3.47. The van der Waals surface area contributed by atoms with Crippen molar-refractivity contribution < 1.29 is 9.53 Å². The molecule has 4 heteroatoms. The lowest BCUT2D eigenvalue weighted by Gasteiger charge is -2.18. The number of carbonyl (C=O) groups is 1. The molecule has 106 valence electrons. The Kier molecular flexibility index (Phi) is 6.71. The molecule has 0 fully saturated rings. The molecule has 0 saturated carbocycles. The van der Waals surface area contributed by atoms with E-state index in [2.05, 4.69) is 19.2 Å². The van der Waals surface area contributed by atoms with Crippen LogP contribution < -0.4 is 10.1 Å². The van der Waals surface area contributed by atoms with Gasteiger partial charge >= 0.3 is 0 Å². The summed E-state index contributed by atoms with van der Waals surface area (Å²) in [5.41, 5.74) is 0.627. The van der Waals surface area contributed by atoms with Crippen molar-refractivity contribution in [3.8, 4) is 5.75 Å². The van der Waals surface area contributed by atoms with E-state index in [1.807, 2.05) is 6.92 Å². The summed E-state index contributed by atoms with van der Waals surface area (Å²) in [4.78, 5) is 12.1. The minimum absolute atomic E-state index is 0.0146. The van der Waals surface area contributed by atoms with E-state index >= 15 is 0 Å². The topological polar surface area (TPSA) is 38.3 Å². The molecule has 19 heavy (non-hydrogen) atoms. The third kappa shape index (κ3) is 5.52. The highest BCUT2D eigenvalue weighted by molar-refractivity contribution is 6.18. The van der Waals surface area contributed by atoms with Crippen LogP contribution in [-0.2, 0) is 0 Å². The second-order valence-corrected chi connectivity index (χ2v) is 5.22. The van der Waals surface area contributed by atoms with Crippen molar-refractivity contribution in [2.24, 2.45) is 5.92 Å². The third-order valence-corrected chi connectivity index (χ3v) is 3.08. The van der Waals surface area contributed by atoms with E-state index in [1.165, 1.54) is 0 Å². The van der Waals surface area contributed by atoms with Gasteiger partial charge in [0.1, 0.15) is 5.75 Å². The first kappa shape index (κ1) is 15.8. The predicted molar refractivity (Wildman–Crippen MR) is 79.0 cm³/mol. The number of alkyl halides is 1. The van der Waals surface area contributed by atoms with Gasteiger partial charge in [0.2, 0.25) is 0 Å². The van der Waals surface area contributed by atoms with Crippen molar-refractivity contribution in [1.82, 2.24) is 5.32 Å². The maximum Gasteiger partial charge on any atom is 0.251 e. The first-order chi connectivity index (χ1) is 9.06. The Bertz CT molecular complexity index is 390. The van der Waals surface area contributed by atoms with Crippen molar-refractivity contribution in [1.29, 1.82) is 0 Å². The molecule has 1 atom stereocenters. The fourth-order valence-electron chi connectivity index (χ4n) is 1.87. The number of benzene rings is 1. The Hall–Kier alpha value is -1.22. The number of halogens is 1. The van der Waals surface area contributed by atoms with Crippen molar-refractivity contribution >= 4 is 17.5 Å². The fourth-order valence-corrected chi connectivity index (χ4v) is 2.07. The average Bonchev–Trinajstić information content (AvgIpc) is 2.38. The maximum absolute atomic E-state index is 12.1. The molecule has 0 aliphatic heterocycles. The van der Waals surface area contributed by atoms with Gasteiger partial charge in [-0.05, 0) is 43.5 Å². The Morgan fingerprint density at radius 2 is 1.95 bits per heavy atom. The van der Waals surface area contributed by atoms with Gasteiger partial charge < -0.3 is 10.1 Å². The molecule has 0 aromatic heterocycles. The van der Waals surface area contributed by atoms with Crippen molar-refractivity contribution in [2.45, 2.75) is 33.2 Å². The van der Waals surface area contributed by atoms with Crippen molar-refractivity contribution in [3.63, 3.8) is 0 Å². The largest absolute Gasteiger partial charge is 0.494 e. The number of nitrogens with one attached hydrogen (secondary N) is 1. The van der Waals surface area contributed by atoms with Gasteiger partial charge in [-0.1, -0.05) is 13.8 Å². The fraction of sp³-hybridized carbons (Fsp3) is 0.533. The lowest BCUT2D eigenvalue weighted by Crippen LogP contribution is -2.37. The summed E-state index contributed by atoms with van der Waals surface area (Å²) in [5, 5.41) is 2.95. The summed E-state index contributed by atoms with van der Waals surface area (Å²) in [6.45, 7) is 6.77. The van der Waals surface area contributed by atoms with E-state index in [0.717, 1.165) is 12.2 Å². The maximum atomic E-state index is 12.1. The third-order valence-electron chi connectivity index (χ3n) is 2.70. The van der Waals surface area contributed by atoms with E-state index in [0.29, 0.717) is 24.0 Å². The summed E-state index contributed by atoms with van der Waals surface area (Å²) in [7, 11) is 0. The van der Waals surface area contributed by atoms with E-state index < -0.39 is 0 Å². The molecule has 1 amide bonds. The summed E-state index contributed by atoms with van der Waals surface area (Å²) in [5.74, 6) is 1.62.